The molecule has 0 bridgehead atoms. The Morgan fingerprint density at radius 1 is 0.533 bits per heavy atom. The van der Waals surface area contributed by atoms with E-state index in [1.807, 2.05) is 0 Å². The first-order valence-corrected chi connectivity index (χ1v) is 25.4. The largest absolute Gasteiger partial charge is 0.790 e. The molecule has 42 heteroatoms. The van der Waals surface area contributed by atoms with Crippen molar-refractivity contribution in [2.24, 2.45) is 21.1 Å². The number of aliphatic hydroxyl groups excluding tert-OH is 8. The summed E-state index contributed by atoms with van der Waals surface area (Å²) in [5, 5.41) is 78.2. The first-order chi connectivity index (χ1) is 34.9. The SMILES string of the molecule is Cn1c(N)nc2c(ncn2[C@@H]2O[C@H](CO)C(O)[C@@H]2O)c1=O.Cn1c(N)nc2c(ncn2[C@@H]2O[C@H](CO)C(O)[C@@H]2O)c1=O.Cn1c(N)nc2c(ncn2[C@@H]2O[C@H](COP(=O)([O-])OP(=O)([O-])OP(=O)([O-])[O-])C(O)[C@@H]2O)c1=O. The van der Waals surface area contributed by atoms with Crippen LogP contribution in [0.4, 0.5) is 17.8 Å². The van der Waals surface area contributed by atoms with E-state index in [0.717, 1.165) is 24.6 Å². The van der Waals surface area contributed by atoms with Gasteiger partial charge in [-0.1, -0.05) is 0 Å². The van der Waals surface area contributed by atoms with Crippen LogP contribution >= 0.6 is 23.5 Å². The molecular formula is C33H44N15O24P3-4. The lowest BCUT2D eigenvalue weighted by Gasteiger charge is -2.37. The first-order valence-electron chi connectivity index (χ1n) is 21.0. The van der Waals surface area contributed by atoms with Crippen molar-refractivity contribution in [2.75, 3.05) is 37.0 Å². The number of phosphoric acid groups is 3. The lowest BCUT2D eigenvalue weighted by Crippen LogP contribution is -2.34. The number of hydrogen-bond donors (Lipinski definition) is 11. The summed E-state index contributed by atoms with van der Waals surface area (Å²) in [4.78, 5) is 103. The van der Waals surface area contributed by atoms with Gasteiger partial charge in [0.25, 0.3) is 32.3 Å². The summed E-state index contributed by atoms with van der Waals surface area (Å²) in [5.74, 6) is -0.237. The second-order valence-electron chi connectivity index (χ2n) is 16.3. The molecule has 14 atom stereocenters. The fraction of sp³-hybridized carbons (Fsp3) is 0.545. The molecule has 75 heavy (non-hydrogen) atoms. The Bertz CT molecular complexity index is 3310. The number of ether oxygens (including phenoxy) is 3. The van der Waals surface area contributed by atoms with Gasteiger partial charge in [-0.25, -0.2) is 19.3 Å². The lowest BCUT2D eigenvalue weighted by molar-refractivity contribution is -0.339. The number of fused-ring (bicyclic) bond motifs is 3. The molecule has 0 aromatic carbocycles. The summed E-state index contributed by atoms with van der Waals surface area (Å²) in [6.45, 7) is -2.02. The van der Waals surface area contributed by atoms with Crippen molar-refractivity contribution in [3.63, 3.8) is 0 Å². The monoisotopic (exact) mass is 1130 g/mol. The third kappa shape index (κ3) is 11.3. The summed E-state index contributed by atoms with van der Waals surface area (Å²) in [6, 6.07) is 0. The van der Waals surface area contributed by atoms with Crippen LogP contribution in [-0.2, 0) is 62.2 Å². The summed E-state index contributed by atoms with van der Waals surface area (Å²) in [7, 11) is -13.9. The van der Waals surface area contributed by atoms with Gasteiger partial charge >= 0.3 is 0 Å². The van der Waals surface area contributed by atoms with Crippen molar-refractivity contribution in [1.82, 2.24) is 57.3 Å². The highest BCUT2D eigenvalue weighted by atomic mass is 31.3. The van der Waals surface area contributed by atoms with Crippen molar-refractivity contribution in [3.05, 3.63) is 50.0 Å². The molecular weight excluding hydrogens is 1080 g/mol. The minimum absolute atomic E-state index is 0.0130. The molecule has 9 heterocycles. The maximum absolute atomic E-state index is 12.2. The standard InChI is InChI=1S/C11H18N5O14P3.2C11H15N5O5/c1-15-9(19)5-8(14-11(15)12)16(3-13-5)10-7(18)6(17)4(28-10)2-27-32(23,24)30-33(25,26)29-31(20,21)22;2*1-15-9(20)5-8(14-11(15)12)16(3-13-5)10-7(19)6(18)4(2-17)21-10/h3-4,6-7,10,17-18H,2H2,1H3,(H2,12,14)(H,23,24)(H,25,26)(H2,20,21,22);2*3-4,6-7,10,17-19H,2H2,1H3,(H2,12,14)/p-4/t3*4-,6?,7+,10-/m111/s1. The lowest BCUT2D eigenvalue weighted by atomic mass is 10.1. The second kappa shape index (κ2) is 21.4. The number of hydrogen-bond acceptors (Lipinski definition) is 33. The summed E-state index contributed by atoms with van der Waals surface area (Å²) >= 11 is 0. The molecule has 14 N–H and O–H groups in total. The Kier molecular flexibility index (Phi) is 16.3. The quantitative estimate of drug-likeness (QED) is 0.0507. The van der Waals surface area contributed by atoms with Gasteiger partial charge in [-0.15, -0.1) is 0 Å². The van der Waals surface area contributed by atoms with Gasteiger partial charge < -0.3 is 101 Å². The average Bonchev–Trinajstić information content (AvgIpc) is 4.19. The Hall–Kier alpha value is -5.58. The Balaban J connectivity index is 0.000000171. The minimum atomic E-state index is -6.17. The second-order valence-corrected chi connectivity index (χ2v) is 20.5. The van der Waals surface area contributed by atoms with Crippen molar-refractivity contribution < 1.29 is 101 Å². The number of phosphoric ester groups is 1. The van der Waals surface area contributed by atoms with Crippen molar-refractivity contribution in [2.45, 2.75) is 73.6 Å². The van der Waals surface area contributed by atoms with Crippen LogP contribution in [0.2, 0.25) is 0 Å². The highest BCUT2D eigenvalue weighted by molar-refractivity contribution is 7.64. The smallest absolute Gasteiger partial charge is 0.282 e. The van der Waals surface area contributed by atoms with Crippen LogP contribution in [0.3, 0.4) is 0 Å². The van der Waals surface area contributed by atoms with Gasteiger partial charge in [-0.2, -0.15) is 15.0 Å². The molecule has 0 spiro atoms. The molecule has 3 fully saturated rings. The van der Waals surface area contributed by atoms with E-state index in [1.54, 1.807) is 0 Å². The van der Waals surface area contributed by atoms with Gasteiger partial charge in [0.2, 0.25) is 17.8 Å². The molecule has 5 unspecified atom stereocenters. The van der Waals surface area contributed by atoms with Crippen molar-refractivity contribution in [3.8, 4) is 0 Å². The number of rotatable bonds is 12. The van der Waals surface area contributed by atoms with Crippen LogP contribution in [0, 0.1) is 0 Å². The molecule has 0 saturated carbocycles. The zero-order valence-electron chi connectivity index (χ0n) is 38.3. The van der Waals surface area contributed by atoms with Crippen LogP contribution in [0.1, 0.15) is 18.7 Å². The van der Waals surface area contributed by atoms with Crippen LogP contribution in [0.15, 0.2) is 33.4 Å². The maximum atomic E-state index is 12.2. The first kappa shape index (κ1) is 57.1. The highest BCUT2D eigenvalue weighted by Gasteiger charge is 2.47. The van der Waals surface area contributed by atoms with E-state index in [4.69, 9.17) is 41.6 Å². The van der Waals surface area contributed by atoms with Crippen LogP contribution < -0.4 is 53.5 Å². The fourth-order valence-corrected chi connectivity index (χ4v) is 10.4. The molecule has 9 rings (SSSR count). The van der Waals surface area contributed by atoms with E-state index in [-0.39, 0.29) is 51.3 Å². The normalized spacial score (nSPS) is 28.5. The Morgan fingerprint density at radius 3 is 1.13 bits per heavy atom. The van der Waals surface area contributed by atoms with E-state index in [2.05, 4.69) is 43.0 Å². The maximum Gasteiger partial charge on any atom is 0.282 e. The molecule has 3 aliphatic rings. The minimum Gasteiger partial charge on any atom is -0.790 e. The molecule has 3 saturated heterocycles. The molecule has 6 aromatic rings. The predicted octanol–water partition coefficient (Wildman–Crippen LogP) is -10.2. The molecule has 0 amide bonds. The van der Waals surface area contributed by atoms with Gasteiger partial charge in [0, 0.05) is 21.1 Å². The van der Waals surface area contributed by atoms with Crippen LogP contribution in [0.5, 0.6) is 0 Å². The number of imidazole rings is 3. The van der Waals surface area contributed by atoms with Gasteiger partial charge in [0.1, 0.15) is 54.9 Å². The fourth-order valence-electron chi connectivity index (χ4n) is 7.51. The third-order valence-electron chi connectivity index (χ3n) is 11.5. The van der Waals surface area contributed by atoms with Crippen LogP contribution in [-0.4, -0.2) is 173 Å². The number of anilines is 3. The number of nitrogen functional groups attached to an aromatic ring is 3. The Labute approximate surface area is 414 Å². The molecule has 0 aliphatic carbocycles. The van der Waals surface area contributed by atoms with E-state index in [0.29, 0.717) is 0 Å². The average molecular weight is 1130 g/mol. The number of nitrogens with zero attached hydrogens (tertiary/aromatic N) is 12. The molecule has 0 radical (unpaired) electrons. The molecule has 6 aromatic heterocycles. The molecule has 3 aliphatic heterocycles. The summed E-state index contributed by atoms with van der Waals surface area (Å²) in [6.07, 6.45) is -12.0. The van der Waals surface area contributed by atoms with Gasteiger partial charge in [0.15, 0.2) is 52.2 Å². The van der Waals surface area contributed by atoms with Crippen LogP contribution in [0.25, 0.3) is 33.5 Å². The highest BCUT2D eigenvalue weighted by Crippen LogP contribution is 2.60. The van der Waals surface area contributed by atoms with Crippen molar-refractivity contribution >= 4 is 74.8 Å². The summed E-state index contributed by atoms with van der Waals surface area (Å²) < 4.78 is 66.8. The summed E-state index contributed by atoms with van der Waals surface area (Å²) in [5.41, 5.74) is 15.6. The van der Waals surface area contributed by atoms with Gasteiger partial charge in [-0.3, -0.25) is 55.2 Å². The number of nitrogens with two attached hydrogens (primary N) is 3. The predicted molar refractivity (Wildman–Crippen MR) is 234 cm³/mol. The third-order valence-corrected chi connectivity index (χ3v) is 15.2. The van der Waals surface area contributed by atoms with E-state index in [1.165, 1.54) is 42.9 Å². The molecule has 414 valence electrons. The zero-order chi connectivity index (χ0) is 55.5. The molecule has 39 nitrogen and oxygen atoms in total. The van der Waals surface area contributed by atoms with E-state index >= 15 is 0 Å². The Morgan fingerprint density at radius 2 is 0.840 bits per heavy atom. The van der Waals surface area contributed by atoms with E-state index < -0.39 is 134 Å². The number of aromatic nitrogens is 12. The van der Waals surface area contributed by atoms with E-state index in [9.17, 15) is 78.3 Å². The topological polar surface area (TPSA) is 597 Å². The van der Waals surface area contributed by atoms with Gasteiger partial charge in [0.05, 0.1) is 46.6 Å². The number of aliphatic hydroxyl groups is 8. The van der Waals surface area contributed by atoms with Crippen molar-refractivity contribution in [1.29, 1.82) is 0 Å². The zero-order valence-corrected chi connectivity index (χ0v) is 41.0. The van der Waals surface area contributed by atoms with Gasteiger partial charge in [-0.05, 0) is 0 Å².